The van der Waals surface area contributed by atoms with Crippen molar-refractivity contribution in [1.29, 1.82) is 0 Å². The lowest BCUT2D eigenvalue weighted by atomic mass is 10.3. The number of amides is 1. The standard InChI is InChI=1S/C11H14N2O3/c1-15-8-7-11(14)13-12-9-3-5-10(16-2)6-4-9/h3-8,12H,1-2H3,(H,13,14)/b8-7+. The molecule has 0 unspecified atom stereocenters. The Morgan fingerprint density at radius 2 is 1.94 bits per heavy atom. The van der Waals surface area contributed by atoms with Gasteiger partial charge in [0, 0.05) is 6.08 Å². The summed E-state index contributed by atoms with van der Waals surface area (Å²) in [6.45, 7) is 0. The van der Waals surface area contributed by atoms with Gasteiger partial charge in [-0.05, 0) is 24.3 Å². The fourth-order valence-corrected chi connectivity index (χ4v) is 0.980. The summed E-state index contributed by atoms with van der Waals surface area (Å²) in [6.07, 6.45) is 2.57. The van der Waals surface area contributed by atoms with E-state index in [4.69, 9.17) is 4.74 Å². The van der Waals surface area contributed by atoms with Crippen LogP contribution < -0.4 is 15.6 Å². The maximum Gasteiger partial charge on any atom is 0.265 e. The van der Waals surface area contributed by atoms with Crippen LogP contribution in [-0.4, -0.2) is 20.1 Å². The van der Waals surface area contributed by atoms with Crippen molar-refractivity contribution < 1.29 is 14.3 Å². The zero-order valence-corrected chi connectivity index (χ0v) is 9.19. The molecule has 1 aromatic carbocycles. The Morgan fingerprint density at radius 1 is 1.25 bits per heavy atom. The van der Waals surface area contributed by atoms with E-state index in [9.17, 15) is 4.79 Å². The zero-order chi connectivity index (χ0) is 11.8. The van der Waals surface area contributed by atoms with E-state index in [1.807, 2.05) is 0 Å². The van der Waals surface area contributed by atoms with Gasteiger partial charge in [0.25, 0.3) is 5.91 Å². The molecule has 16 heavy (non-hydrogen) atoms. The molecule has 0 atom stereocenters. The third kappa shape index (κ3) is 3.91. The van der Waals surface area contributed by atoms with Gasteiger partial charge in [0.1, 0.15) is 5.75 Å². The van der Waals surface area contributed by atoms with Crippen LogP contribution in [0.1, 0.15) is 0 Å². The van der Waals surface area contributed by atoms with E-state index in [0.717, 1.165) is 11.4 Å². The Labute approximate surface area is 94.0 Å². The van der Waals surface area contributed by atoms with Crippen LogP contribution >= 0.6 is 0 Å². The minimum Gasteiger partial charge on any atom is -0.504 e. The van der Waals surface area contributed by atoms with Gasteiger partial charge in [0.2, 0.25) is 0 Å². The third-order valence-corrected chi connectivity index (χ3v) is 1.78. The molecule has 1 aromatic rings. The van der Waals surface area contributed by atoms with Gasteiger partial charge in [0.15, 0.2) is 0 Å². The average Bonchev–Trinajstić information content (AvgIpc) is 2.34. The summed E-state index contributed by atoms with van der Waals surface area (Å²) in [4.78, 5) is 11.1. The first kappa shape index (κ1) is 11.9. The predicted octanol–water partition coefficient (Wildman–Crippen LogP) is 1.30. The number of hydrogen-bond acceptors (Lipinski definition) is 4. The number of nitrogens with one attached hydrogen (secondary N) is 2. The molecule has 2 N–H and O–H groups in total. The number of methoxy groups -OCH3 is 2. The lowest BCUT2D eigenvalue weighted by Gasteiger charge is -2.06. The summed E-state index contributed by atoms with van der Waals surface area (Å²) in [6, 6.07) is 7.16. The van der Waals surface area contributed by atoms with Crippen LogP contribution in [0.4, 0.5) is 5.69 Å². The molecule has 0 aromatic heterocycles. The Bertz CT molecular complexity index is 360. The molecule has 0 spiro atoms. The van der Waals surface area contributed by atoms with E-state index in [1.54, 1.807) is 31.4 Å². The minimum absolute atomic E-state index is 0.294. The molecule has 0 aliphatic carbocycles. The normalized spacial score (nSPS) is 9.88. The fourth-order valence-electron chi connectivity index (χ4n) is 0.980. The quantitative estimate of drug-likeness (QED) is 0.448. The lowest BCUT2D eigenvalue weighted by molar-refractivity contribution is -0.116. The molecule has 0 fully saturated rings. The van der Waals surface area contributed by atoms with Crippen molar-refractivity contribution in [3.8, 4) is 5.75 Å². The minimum atomic E-state index is -0.294. The Balaban J connectivity index is 2.42. The van der Waals surface area contributed by atoms with Crippen molar-refractivity contribution in [2.75, 3.05) is 19.6 Å². The Kier molecular flexibility index (Phi) is 4.72. The van der Waals surface area contributed by atoms with Gasteiger partial charge in [-0.25, -0.2) is 0 Å². The molecule has 86 valence electrons. The van der Waals surface area contributed by atoms with Crippen LogP contribution in [0.5, 0.6) is 5.75 Å². The van der Waals surface area contributed by atoms with Gasteiger partial charge >= 0.3 is 0 Å². The van der Waals surface area contributed by atoms with Crippen molar-refractivity contribution in [2.45, 2.75) is 0 Å². The summed E-state index contributed by atoms with van der Waals surface area (Å²) in [5, 5.41) is 0. The summed E-state index contributed by atoms with van der Waals surface area (Å²) in [5.41, 5.74) is 5.98. The largest absolute Gasteiger partial charge is 0.504 e. The van der Waals surface area contributed by atoms with Crippen molar-refractivity contribution in [1.82, 2.24) is 5.43 Å². The summed E-state index contributed by atoms with van der Waals surface area (Å²) in [7, 11) is 3.07. The number of rotatable bonds is 5. The highest BCUT2D eigenvalue weighted by Crippen LogP contribution is 2.13. The third-order valence-electron chi connectivity index (χ3n) is 1.78. The van der Waals surface area contributed by atoms with Gasteiger partial charge in [-0.3, -0.25) is 15.6 Å². The van der Waals surface area contributed by atoms with Crippen LogP contribution in [0.2, 0.25) is 0 Å². The van der Waals surface area contributed by atoms with E-state index < -0.39 is 0 Å². The van der Waals surface area contributed by atoms with Crippen molar-refractivity contribution >= 4 is 11.6 Å². The fraction of sp³-hybridized carbons (Fsp3) is 0.182. The monoisotopic (exact) mass is 222 g/mol. The van der Waals surface area contributed by atoms with E-state index in [1.165, 1.54) is 19.4 Å². The molecule has 0 bridgehead atoms. The van der Waals surface area contributed by atoms with Crippen LogP contribution in [0, 0.1) is 0 Å². The first-order valence-corrected chi connectivity index (χ1v) is 4.65. The highest BCUT2D eigenvalue weighted by atomic mass is 16.5. The zero-order valence-electron chi connectivity index (χ0n) is 9.19. The maximum absolute atomic E-state index is 11.1. The summed E-state index contributed by atoms with van der Waals surface area (Å²) in [5.74, 6) is 0.467. The molecule has 0 heterocycles. The molecule has 5 nitrogen and oxygen atoms in total. The smallest absolute Gasteiger partial charge is 0.265 e. The van der Waals surface area contributed by atoms with Gasteiger partial charge in [-0.2, -0.15) is 0 Å². The average molecular weight is 222 g/mol. The number of ether oxygens (including phenoxy) is 2. The van der Waals surface area contributed by atoms with Gasteiger partial charge < -0.3 is 9.47 Å². The van der Waals surface area contributed by atoms with Crippen LogP contribution in [-0.2, 0) is 9.53 Å². The van der Waals surface area contributed by atoms with Crippen LogP contribution in [0.15, 0.2) is 36.6 Å². The second kappa shape index (κ2) is 6.34. The lowest BCUT2D eigenvalue weighted by Crippen LogP contribution is -2.27. The summed E-state index contributed by atoms with van der Waals surface area (Å²) < 4.78 is 9.61. The molecule has 0 radical (unpaired) electrons. The van der Waals surface area contributed by atoms with E-state index in [2.05, 4.69) is 15.6 Å². The number of anilines is 1. The topological polar surface area (TPSA) is 59.6 Å². The molecule has 5 heteroatoms. The maximum atomic E-state index is 11.1. The molecule has 0 aliphatic heterocycles. The number of hydrazine groups is 1. The first-order valence-electron chi connectivity index (χ1n) is 4.65. The Hall–Kier alpha value is -2.17. The van der Waals surface area contributed by atoms with Crippen LogP contribution in [0.25, 0.3) is 0 Å². The van der Waals surface area contributed by atoms with Crippen LogP contribution in [0.3, 0.4) is 0 Å². The number of carbonyl (C=O) groups excluding carboxylic acids is 1. The highest BCUT2D eigenvalue weighted by Gasteiger charge is 1.95. The number of hydrogen-bond donors (Lipinski definition) is 2. The summed E-state index contributed by atoms with van der Waals surface area (Å²) >= 11 is 0. The van der Waals surface area contributed by atoms with E-state index in [0.29, 0.717) is 0 Å². The molecule has 0 saturated heterocycles. The van der Waals surface area contributed by atoms with Gasteiger partial charge in [0.05, 0.1) is 26.2 Å². The second-order valence-corrected chi connectivity index (χ2v) is 2.88. The SMILES string of the molecule is CO/C=C/C(=O)NNc1ccc(OC)cc1. The van der Waals surface area contributed by atoms with Gasteiger partial charge in [-0.1, -0.05) is 0 Å². The van der Waals surface area contributed by atoms with E-state index >= 15 is 0 Å². The van der Waals surface area contributed by atoms with Crippen molar-refractivity contribution in [2.24, 2.45) is 0 Å². The first-order chi connectivity index (χ1) is 7.76. The van der Waals surface area contributed by atoms with Gasteiger partial charge in [-0.15, -0.1) is 0 Å². The Morgan fingerprint density at radius 3 is 2.50 bits per heavy atom. The molecule has 0 saturated carbocycles. The molecular weight excluding hydrogens is 208 g/mol. The molecule has 1 rings (SSSR count). The van der Waals surface area contributed by atoms with E-state index in [-0.39, 0.29) is 5.91 Å². The van der Waals surface area contributed by atoms with Crippen molar-refractivity contribution in [3.05, 3.63) is 36.6 Å². The predicted molar refractivity (Wildman–Crippen MR) is 60.9 cm³/mol. The number of carbonyl (C=O) groups is 1. The highest BCUT2D eigenvalue weighted by molar-refractivity contribution is 5.88. The molecule has 1 amide bonds. The second-order valence-electron chi connectivity index (χ2n) is 2.88. The molecular formula is C11H14N2O3. The molecule has 0 aliphatic rings. The number of benzene rings is 1. The van der Waals surface area contributed by atoms with Crippen molar-refractivity contribution in [3.63, 3.8) is 0 Å².